The molecule has 1 aromatic heterocycles. The zero-order valence-electron chi connectivity index (χ0n) is 21.5. The molecule has 2 aliphatic heterocycles. The van der Waals surface area contributed by atoms with E-state index in [1.807, 2.05) is 4.90 Å². The second-order valence-corrected chi connectivity index (χ2v) is 10.4. The number of piperidine rings is 1. The lowest BCUT2D eigenvalue weighted by atomic mass is 9.96. The molecule has 1 aromatic carbocycles. The molecule has 4 rings (SSSR count). The molecule has 7 nitrogen and oxygen atoms in total. The van der Waals surface area contributed by atoms with Crippen molar-refractivity contribution in [1.29, 1.82) is 0 Å². The van der Waals surface area contributed by atoms with Gasteiger partial charge in [-0.05, 0) is 63.8 Å². The van der Waals surface area contributed by atoms with Crippen LogP contribution < -0.4 is 20.3 Å². The van der Waals surface area contributed by atoms with Crippen LogP contribution >= 0.6 is 0 Å². The molecule has 0 radical (unpaired) electrons. The molecule has 0 saturated carbocycles. The number of carbonyl (C=O) groups is 2. The minimum atomic E-state index is -4.80. The van der Waals surface area contributed by atoms with Crippen LogP contribution in [0.4, 0.5) is 36.6 Å². The molecular weight excluding hydrogens is 549 g/mol. The zero-order valence-corrected chi connectivity index (χ0v) is 21.5. The molecule has 2 fully saturated rings. The number of rotatable bonds is 7. The molecule has 3 heterocycles. The van der Waals surface area contributed by atoms with Crippen molar-refractivity contribution >= 4 is 17.6 Å². The number of amides is 2. The Kier molecular flexibility index (Phi) is 7.92. The highest BCUT2D eigenvalue weighted by molar-refractivity contribution is 5.94. The summed E-state index contributed by atoms with van der Waals surface area (Å²) in [5.41, 5.74) is -2.96. The Bertz CT molecular complexity index is 1230. The SMILES string of the molecule is CC(C)(Oc1cc(F)ccc1C(F)(F)F)C(=O)N[C@H]1C[C@H]2CC[C@@H](C1)N2c1ccc(C(=O)NCC(F)(F)F)cn1. The van der Waals surface area contributed by atoms with Crippen molar-refractivity contribution in [2.45, 2.75) is 75.6 Å². The molecule has 3 atom stereocenters. The maximum Gasteiger partial charge on any atom is 0.419 e. The first-order valence-electron chi connectivity index (χ1n) is 12.5. The third-order valence-electron chi connectivity index (χ3n) is 6.95. The lowest BCUT2D eigenvalue weighted by molar-refractivity contribution is -0.143. The summed E-state index contributed by atoms with van der Waals surface area (Å²) in [5.74, 6) is -2.74. The number of anilines is 1. The summed E-state index contributed by atoms with van der Waals surface area (Å²) in [6.45, 7) is 1.14. The van der Waals surface area contributed by atoms with Gasteiger partial charge in [-0.2, -0.15) is 26.3 Å². The number of fused-ring (bicyclic) bond motifs is 2. The average molecular weight is 577 g/mol. The van der Waals surface area contributed by atoms with E-state index in [1.54, 1.807) is 11.4 Å². The quantitative estimate of drug-likeness (QED) is 0.454. The Morgan fingerprint density at radius 3 is 2.23 bits per heavy atom. The molecule has 2 aliphatic rings. The molecule has 40 heavy (non-hydrogen) atoms. The highest BCUT2D eigenvalue weighted by Gasteiger charge is 2.44. The van der Waals surface area contributed by atoms with Gasteiger partial charge in [0.05, 0.1) is 11.1 Å². The Balaban J connectivity index is 1.38. The van der Waals surface area contributed by atoms with E-state index >= 15 is 0 Å². The number of nitrogens with zero attached hydrogens (tertiary/aromatic N) is 2. The number of carbonyl (C=O) groups excluding carboxylic acids is 2. The highest BCUT2D eigenvalue weighted by atomic mass is 19.4. The molecule has 0 spiro atoms. The minimum Gasteiger partial charge on any atom is -0.477 e. The van der Waals surface area contributed by atoms with Gasteiger partial charge in [0.1, 0.15) is 23.9 Å². The number of hydrogen-bond acceptors (Lipinski definition) is 5. The Morgan fingerprint density at radius 1 is 1.02 bits per heavy atom. The van der Waals surface area contributed by atoms with Crippen molar-refractivity contribution in [1.82, 2.24) is 15.6 Å². The molecule has 2 saturated heterocycles. The number of nitrogens with one attached hydrogen (secondary N) is 2. The summed E-state index contributed by atoms with van der Waals surface area (Å²) in [6.07, 6.45) is -5.57. The number of hydrogen-bond donors (Lipinski definition) is 2. The number of aromatic nitrogens is 1. The van der Waals surface area contributed by atoms with Crippen LogP contribution in [0.15, 0.2) is 36.5 Å². The van der Waals surface area contributed by atoms with Crippen LogP contribution in [0.2, 0.25) is 0 Å². The number of pyridine rings is 1. The van der Waals surface area contributed by atoms with Gasteiger partial charge in [-0.1, -0.05) is 0 Å². The fraction of sp³-hybridized carbons (Fsp3) is 0.500. The van der Waals surface area contributed by atoms with Gasteiger partial charge in [0.25, 0.3) is 11.8 Å². The summed E-state index contributed by atoms with van der Waals surface area (Å²) in [6, 6.07) is 4.37. The van der Waals surface area contributed by atoms with Gasteiger partial charge in [0, 0.05) is 30.4 Å². The summed E-state index contributed by atoms with van der Waals surface area (Å²) < 4.78 is 96.2. The normalized spacial score (nSPS) is 21.2. The van der Waals surface area contributed by atoms with E-state index in [4.69, 9.17) is 4.74 Å². The topological polar surface area (TPSA) is 83.6 Å². The Labute approximate surface area is 225 Å². The maximum atomic E-state index is 13.7. The van der Waals surface area contributed by atoms with E-state index in [0.29, 0.717) is 36.9 Å². The van der Waals surface area contributed by atoms with Crippen molar-refractivity contribution < 1.29 is 45.1 Å². The van der Waals surface area contributed by atoms with E-state index in [1.165, 1.54) is 26.1 Å². The second kappa shape index (κ2) is 10.8. The van der Waals surface area contributed by atoms with Crippen molar-refractivity contribution in [3.8, 4) is 5.75 Å². The zero-order chi connectivity index (χ0) is 29.5. The Morgan fingerprint density at radius 2 is 1.68 bits per heavy atom. The van der Waals surface area contributed by atoms with E-state index in [0.717, 1.165) is 12.8 Å². The number of halogens is 7. The molecule has 2 bridgehead atoms. The van der Waals surface area contributed by atoms with Crippen LogP contribution in [0, 0.1) is 5.82 Å². The van der Waals surface area contributed by atoms with Crippen LogP contribution in [0.5, 0.6) is 5.75 Å². The summed E-state index contributed by atoms with van der Waals surface area (Å²) in [4.78, 5) is 31.3. The maximum absolute atomic E-state index is 13.7. The van der Waals surface area contributed by atoms with Crippen molar-refractivity contribution in [2.75, 3.05) is 11.4 Å². The van der Waals surface area contributed by atoms with Gasteiger partial charge in [-0.25, -0.2) is 9.37 Å². The predicted octanol–water partition coefficient (Wildman–Crippen LogP) is 5.01. The molecular formula is C26H27F7N4O3. The first kappa shape index (κ1) is 29.4. The monoisotopic (exact) mass is 576 g/mol. The minimum absolute atomic E-state index is 0.0169. The Hall–Kier alpha value is -3.58. The predicted molar refractivity (Wildman–Crippen MR) is 129 cm³/mol. The average Bonchev–Trinajstić information content (AvgIpc) is 3.11. The van der Waals surface area contributed by atoms with Crippen LogP contribution in [-0.4, -0.2) is 53.2 Å². The third-order valence-corrected chi connectivity index (χ3v) is 6.95. The molecule has 2 amide bonds. The van der Waals surface area contributed by atoms with E-state index in [2.05, 4.69) is 10.3 Å². The van der Waals surface area contributed by atoms with E-state index < -0.39 is 53.4 Å². The van der Waals surface area contributed by atoms with Crippen LogP contribution in [0.25, 0.3) is 0 Å². The fourth-order valence-electron chi connectivity index (χ4n) is 5.12. The van der Waals surface area contributed by atoms with Crippen molar-refractivity contribution in [3.63, 3.8) is 0 Å². The highest BCUT2D eigenvalue weighted by Crippen LogP contribution is 2.40. The van der Waals surface area contributed by atoms with Crippen LogP contribution in [0.3, 0.4) is 0 Å². The van der Waals surface area contributed by atoms with Crippen LogP contribution in [-0.2, 0) is 11.0 Å². The van der Waals surface area contributed by atoms with Gasteiger partial charge < -0.3 is 20.3 Å². The van der Waals surface area contributed by atoms with Crippen molar-refractivity contribution in [2.24, 2.45) is 0 Å². The van der Waals surface area contributed by atoms with E-state index in [-0.39, 0.29) is 23.7 Å². The van der Waals surface area contributed by atoms with Gasteiger partial charge in [0.2, 0.25) is 0 Å². The lowest BCUT2D eigenvalue weighted by Crippen LogP contribution is -2.55. The van der Waals surface area contributed by atoms with E-state index in [9.17, 15) is 40.3 Å². The third kappa shape index (κ3) is 6.76. The van der Waals surface area contributed by atoms with Crippen LogP contribution in [0.1, 0.15) is 55.5 Å². The molecule has 2 N–H and O–H groups in total. The number of ether oxygens (including phenoxy) is 1. The first-order valence-corrected chi connectivity index (χ1v) is 12.5. The first-order chi connectivity index (χ1) is 18.5. The largest absolute Gasteiger partial charge is 0.477 e. The molecule has 0 unspecified atom stereocenters. The van der Waals surface area contributed by atoms with Gasteiger partial charge >= 0.3 is 12.4 Å². The lowest BCUT2D eigenvalue weighted by Gasteiger charge is -2.41. The standard InChI is InChI=1S/C26H27F7N4O3/c1-24(2,40-20-9-15(27)4-7-19(20)26(31,32)33)23(39)36-16-10-17-5-6-18(11-16)37(17)21-8-3-14(12-34-21)22(38)35-13-25(28,29)30/h3-4,7-9,12,16-18H,5-6,10-11,13H2,1-2H3,(H,35,38)(H,36,39)/t16-,17+,18-. The fourth-order valence-corrected chi connectivity index (χ4v) is 5.12. The number of benzene rings is 1. The molecule has 0 aliphatic carbocycles. The van der Waals surface area contributed by atoms with Gasteiger partial charge in [-0.3, -0.25) is 9.59 Å². The van der Waals surface area contributed by atoms with Gasteiger partial charge in [0.15, 0.2) is 5.60 Å². The van der Waals surface area contributed by atoms with Gasteiger partial charge in [-0.15, -0.1) is 0 Å². The molecule has 218 valence electrons. The summed E-state index contributed by atoms with van der Waals surface area (Å²) in [7, 11) is 0. The summed E-state index contributed by atoms with van der Waals surface area (Å²) >= 11 is 0. The summed E-state index contributed by atoms with van der Waals surface area (Å²) in [5, 5.41) is 4.63. The molecule has 14 heteroatoms. The smallest absolute Gasteiger partial charge is 0.419 e. The second-order valence-electron chi connectivity index (χ2n) is 10.4. The number of alkyl halides is 6. The molecule has 2 aromatic rings. The van der Waals surface area contributed by atoms with Crippen molar-refractivity contribution in [3.05, 3.63) is 53.5 Å².